The lowest BCUT2D eigenvalue weighted by molar-refractivity contribution is 0.414. The summed E-state index contributed by atoms with van der Waals surface area (Å²) in [4.78, 5) is 11.0. The molecule has 0 spiro atoms. The van der Waals surface area contributed by atoms with E-state index < -0.39 is 23.2 Å². The molecule has 0 amide bonds. The molecule has 0 saturated heterocycles. The van der Waals surface area contributed by atoms with Gasteiger partial charge in [-0.15, -0.1) is 0 Å². The molecule has 0 aliphatic rings. The molecule has 2 atom stereocenters. The van der Waals surface area contributed by atoms with E-state index in [1.807, 2.05) is 6.92 Å². The first-order valence-electron chi connectivity index (χ1n) is 8.85. The molecule has 3 rings (SSSR count). The van der Waals surface area contributed by atoms with E-state index in [2.05, 4.69) is 4.72 Å². The molecule has 0 aliphatic heterocycles. The molecule has 6 nitrogen and oxygen atoms in total. The van der Waals surface area contributed by atoms with Gasteiger partial charge in [0.25, 0.3) is 7.37 Å². The zero-order valence-electron chi connectivity index (χ0n) is 16.0. The lowest BCUT2D eigenvalue weighted by Crippen LogP contribution is -2.31. The van der Waals surface area contributed by atoms with Gasteiger partial charge in [0.15, 0.2) is 0 Å². The Morgan fingerprint density at radius 2 is 1.52 bits per heavy atom. The maximum Gasteiger partial charge on any atom is 0.251 e. The lowest BCUT2D eigenvalue weighted by atomic mass is 10.2. The van der Waals surface area contributed by atoms with Gasteiger partial charge in [-0.1, -0.05) is 48.0 Å². The van der Waals surface area contributed by atoms with Gasteiger partial charge in [0.1, 0.15) is 11.5 Å². The molecular weight excluding hydrogens is 409 g/mol. The molecule has 29 heavy (non-hydrogen) atoms. The summed E-state index contributed by atoms with van der Waals surface area (Å²) in [6.45, 7) is 1.85. The summed E-state index contributed by atoms with van der Waals surface area (Å²) in [6, 6.07) is 20.7. The third kappa shape index (κ3) is 4.77. The Hall–Kier alpha value is -2.44. The van der Waals surface area contributed by atoms with Crippen molar-refractivity contribution in [2.24, 2.45) is 0 Å². The van der Waals surface area contributed by atoms with E-state index in [4.69, 9.17) is 4.74 Å². The summed E-state index contributed by atoms with van der Waals surface area (Å²) in [5, 5.41) is 0.160. The van der Waals surface area contributed by atoms with Gasteiger partial charge in [-0.05, 0) is 48.9 Å². The third-order valence-electron chi connectivity index (χ3n) is 4.51. The number of ether oxygens (including phenoxy) is 1. The summed E-state index contributed by atoms with van der Waals surface area (Å²) in [5.41, 5.74) is 1.27. The Bertz CT molecular complexity index is 1110. The molecule has 0 bridgehead atoms. The molecule has 0 aliphatic carbocycles. The van der Waals surface area contributed by atoms with Gasteiger partial charge in [0, 0.05) is 5.30 Å². The smallest absolute Gasteiger partial charge is 0.251 e. The number of aryl methyl sites for hydroxylation is 1. The van der Waals surface area contributed by atoms with Gasteiger partial charge >= 0.3 is 0 Å². The molecule has 0 fully saturated rings. The quantitative estimate of drug-likeness (QED) is 0.558. The second-order valence-corrected chi connectivity index (χ2v) is 10.6. The van der Waals surface area contributed by atoms with Crippen molar-refractivity contribution in [3.63, 3.8) is 0 Å². The Balaban J connectivity index is 2.07. The summed E-state index contributed by atoms with van der Waals surface area (Å²) < 4.78 is 46.9. The highest BCUT2D eigenvalue weighted by molar-refractivity contribution is 7.90. The van der Waals surface area contributed by atoms with Gasteiger partial charge in [0.2, 0.25) is 10.0 Å². The SMILES string of the molecule is COc1ccc(C(NS(=O)(=O)c2ccc(C)cc2)P(=O)(O)c2ccccc2)cc1. The minimum atomic E-state index is -4.16. The highest BCUT2D eigenvalue weighted by atomic mass is 32.2. The molecule has 3 aromatic carbocycles. The molecule has 0 radical (unpaired) electrons. The summed E-state index contributed by atoms with van der Waals surface area (Å²) in [6.07, 6.45) is 0. The molecule has 2 N–H and O–H groups in total. The zero-order valence-corrected chi connectivity index (χ0v) is 17.7. The fourth-order valence-electron chi connectivity index (χ4n) is 2.85. The van der Waals surface area contributed by atoms with Crippen LogP contribution in [0, 0.1) is 6.92 Å². The molecule has 0 heterocycles. The molecular formula is C21H22NO5PS. The van der Waals surface area contributed by atoms with Crippen LogP contribution in [-0.2, 0) is 14.6 Å². The molecule has 152 valence electrons. The van der Waals surface area contributed by atoms with E-state index in [0.717, 1.165) is 5.56 Å². The second-order valence-electron chi connectivity index (χ2n) is 6.57. The maximum atomic E-state index is 13.4. The second kappa shape index (κ2) is 8.51. The van der Waals surface area contributed by atoms with Gasteiger partial charge in [-0.25, -0.2) is 8.42 Å². The van der Waals surface area contributed by atoms with E-state index in [9.17, 15) is 17.9 Å². The predicted molar refractivity (Wildman–Crippen MR) is 113 cm³/mol. The van der Waals surface area contributed by atoms with E-state index in [-0.39, 0.29) is 10.2 Å². The monoisotopic (exact) mass is 431 g/mol. The number of hydrogen-bond donors (Lipinski definition) is 2. The molecule has 0 aromatic heterocycles. The van der Waals surface area contributed by atoms with Crippen LogP contribution < -0.4 is 14.8 Å². The van der Waals surface area contributed by atoms with Gasteiger partial charge < -0.3 is 9.63 Å². The van der Waals surface area contributed by atoms with Crippen molar-refractivity contribution in [3.05, 3.63) is 90.0 Å². The fourth-order valence-corrected chi connectivity index (χ4v) is 6.37. The first-order valence-corrected chi connectivity index (χ1v) is 12.1. The highest BCUT2D eigenvalue weighted by Gasteiger charge is 2.37. The van der Waals surface area contributed by atoms with Crippen LogP contribution in [0.3, 0.4) is 0 Å². The summed E-state index contributed by atoms with van der Waals surface area (Å²) >= 11 is 0. The van der Waals surface area contributed by atoms with Crippen molar-refractivity contribution in [1.29, 1.82) is 0 Å². The number of methoxy groups -OCH3 is 1. The lowest BCUT2D eigenvalue weighted by Gasteiger charge is -2.25. The van der Waals surface area contributed by atoms with Crippen molar-refractivity contribution in [2.45, 2.75) is 17.6 Å². The molecule has 0 saturated carbocycles. The Labute approximate surface area is 170 Å². The number of nitrogens with one attached hydrogen (secondary N) is 1. The van der Waals surface area contributed by atoms with Crippen LogP contribution in [0.1, 0.15) is 16.9 Å². The topological polar surface area (TPSA) is 92.7 Å². The van der Waals surface area contributed by atoms with Crippen LogP contribution in [-0.4, -0.2) is 20.4 Å². The summed E-state index contributed by atoms with van der Waals surface area (Å²) in [5.74, 6) is -0.802. The van der Waals surface area contributed by atoms with Crippen molar-refractivity contribution in [1.82, 2.24) is 4.72 Å². The van der Waals surface area contributed by atoms with Gasteiger partial charge in [-0.2, -0.15) is 4.72 Å². The minimum absolute atomic E-state index is 0.0228. The Morgan fingerprint density at radius 3 is 2.07 bits per heavy atom. The standard InChI is InChI=1S/C21H22NO5PS/c1-16-8-14-20(15-9-16)29(25,26)22-21(17-10-12-18(27-2)13-11-17)28(23,24)19-6-4-3-5-7-19/h3-15,21-22H,1-2H3,(H,23,24). The van der Waals surface area contributed by atoms with Crippen LogP contribution in [0.25, 0.3) is 0 Å². The van der Waals surface area contributed by atoms with E-state index in [0.29, 0.717) is 11.3 Å². The number of hydrogen-bond acceptors (Lipinski definition) is 4. The third-order valence-corrected chi connectivity index (χ3v) is 8.28. The summed E-state index contributed by atoms with van der Waals surface area (Å²) in [7, 11) is -6.70. The zero-order chi connectivity index (χ0) is 21.1. The minimum Gasteiger partial charge on any atom is -0.497 e. The van der Waals surface area contributed by atoms with Crippen LogP contribution in [0.5, 0.6) is 5.75 Å². The largest absolute Gasteiger partial charge is 0.497 e. The van der Waals surface area contributed by atoms with E-state index in [1.54, 1.807) is 54.6 Å². The maximum absolute atomic E-state index is 13.4. The van der Waals surface area contributed by atoms with Gasteiger partial charge in [-0.3, -0.25) is 4.57 Å². The Kier molecular flexibility index (Phi) is 6.24. The molecule has 8 heteroatoms. The normalized spacial score (nSPS) is 14.7. The van der Waals surface area contributed by atoms with Gasteiger partial charge in [0.05, 0.1) is 12.0 Å². The van der Waals surface area contributed by atoms with Crippen molar-refractivity contribution < 1.29 is 22.6 Å². The van der Waals surface area contributed by atoms with Crippen LogP contribution in [0.2, 0.25) is 0 Å². The first kappa shape index (κ1) is 21.3. The Morgan fingerprint density at radius 1 is 0.931 bits per heavy atom. The van der Waals surface area contributed by atoms with Crippen LogP contribution in [0.4, 0.5) is 0 Å². The van der Waals surface area contributed by atoms with Crippen molar-refractivity contribution in [3.8, 4) is 5.75 Å². The molecule has 2 unspecified atom stereocenters. The van der Waals surface area contributed by atoms with Crippen LogP contribution >= 0.6 is 7.37 Å². The average Bonchev–Trinajstić information content (AvgIpc) is 2.73. The number of sulfonamides is 1. The first-order chi connectivity index (χ1) is 13.7. The molecule has 3 aromatic rings. The predicted octanol–water partition coefficient (Wildman–Crippen LogP) is 3.58. The van der Waals surface area contributed by atoms with Crippen LogP contribution in [0.15, 0.2) is 83.8 Å². The number of benzene rings is 3. The van der Waals surface area contributed by atoms with E-state index in [1.165, 1.54) is 31.4 Å². The highest BCUT2D eigenvalue weighted by Crippen LogP contribution is 2.53. The van der Waals surface area contributed by atoms with Crippen molar-refractivity contribution >= 4 is 22.7 Å². The average molecular weight is 431 g/mol. The fraction of sp³-hybridized carbons (Fsp3) is 0.143. The van der Waals surface area contributed by atoms with E-state index >= 15 is 0 Å². The van der Waals surface area contributed by atoms with Crippen molar-refractivity contribution in [2.75, 3.05) is 7.11 Å². The number of rotatable bonds is 7.